The lowest BCUT2D eigenvalue weighted by atomic mass is 10.2. The van der Waals surface area contributed by atoms with Gasteiger partial charge in [0.15, 0.2) is 11.6 Å². The Balaban J connectivity index is 1.84. The minimum atomic E-state index is -0.462. The third kappa shape index (κ3) is 2.99. The van der Waals surface area contributed by atoms with Gasteiger partial charge < -0.3 is 4.42 Å². The van der Waals surface area contributed by atoms with Crippen molar-refractivity contribution in [1.82, 2.24) is 15.0 Å². The lowest BCUT2D eigenvalue weighted by Gasteiger charge is -2.02. The molecule has 2 aromatic heterocycles. The van der Waals surface area contributed by atoms with Crippen LogP contribution in [0.4, 0.5) is 8.78 Å². The largest absolute Gasteiger partial charge is 0.431 e. The first-order valence-electron chi connectivity index (χ1n) is 6.56. The van der Waals surface area contributed by atoms with E-state index in [1.807, 2.05) is 6.92 Å². The Labute approximate surface area is 129 Å². The minimum Gasteiger partial charge on any atom is -0.431 e. The lowest BCUT2D eigenvalue weighted by molar-refractivity contribution is 0.464. The van der Waals surface area contributed by atoms with Gasteiger partial charge in [0.1, 0.15) is 17.2 Å². The molecule has 0 atom stereocenters. The van der Waals surface area contributed by atoms with Crippen LogP contribution >= 0.6 is 11.8 Å². The van der Waals surface area contributed by atoms with E-state index in [0.717, 1.165) is 11.8 Å². The molecule has 7 heteroatoms. The molecule has 1 aromatic carbocycles. The number of rotatable bonds is 4. The van der Waals surface area contributed by atoms with Crippen LogP contribution in [0, 0.1) is 11.6 Å². The van der Waals surface area contributed by atoms with E-state index in [9.17, 15) is 8.78 Å². The summed E-state index contributed by atoms with van der Waals surface area (Å²) in [7, 11) is 0. The Morgan fingerprint density at radius 3 is 2.59 bits per heavy atom. The monoisotopic (exact) mass is 319 g/mol. The number of hydrogen-bond donors (Lipinski definition) is 0. The molecule has 0 amide bonds. The van der Waals surface area contributed by atoms with Crippen molar-refractivity contribution in [2.24, 2.45) is 0 Å². The van der Waals surface area contributed by atoms with Crippen molar-refractivity contribution in [3.05, 3.63) is 54.1 Å². The molecule has 0 saturated carbocycles. The smallest absolute Gasteiger partial charge is 0.262 e. The van der Waals surface area contributed by atoms with Gasteiger partial charge in [-0.15, -0.1) is 0 Å². The molecule has 0 fully saturated rings. The number of aryl methyl sites for hydroxylation is 1. The van der Waals surface area contributed by atoms with E-state index >= 15 is 0 Å². The summed E-state index contributed by atoms with van der Waals surface area (Å²) in [5.41, 5.74) is 1.04. The average molecular weight is 319 g/mol. The summed E-state index contributed by atoms with van der Waals surface area (Å²) in [6.45, 7) is 1.82. The van der Waals surface area contributed by atoms with Crippen LogP contribution in [0.3, 0.4) is 0 Å². The van der Waals surface area contributed by atoms with Crippen LogP contribution in [0.1, 0.15) is 12.6 Å². The summed E-state index contributed by atoms with van der Waals surface area (Å²) in [4.78, 5) is 11.9. The normalized spacial score (nSPS) is 10.9. The van der Waals surface area contributed by atoms with Gasteiger partial charge in [0, 0.05) is 5.56 Å². The maximum absolute atomic E-state index is 14.1. The Morgan fingerprint density at radius 1 is 1.09 bits per heavy atom. The van der Waals surface area contributed by atoms with E-state index in [4.69, 9.17) is 4.42 Å². The molecule has 0 spiro atoms. The number of oxazole rings is 1. The molecule has 0 saturated heterocycles. The molecule has 0 aliphatic heterocycles. The van der Waals surface area contributed by atoms with Gasteiger partial charge >= 0.3 is 0 Å². The molecule has 0 unspecified atom stereocenters. The maximum atomic E-state index is 14.1. The predicted octanol–water partition coefficient (Wildman–Crippen LogP) is 4.12. The molecule has 0 N–H and O–H groups in total. The number of aromatic nitrogens is 3. The van der Waals surface area contributed by atoms with Crippen molar-refractivity contribution >= 4 is 11.8 Å². The van der Waals surface area contributed by atoms with Crippen molar-refractivity contribution < 1.29 is 13.2 Å². The number of hydrogen-bond acceptors (Lipinski definition) is 5. The number of nitrogens with zero attached hydrogens (tertiary/aromatic N) is 3. The van der Waals surface area contributed by atoms with Gasteiger partial charge in [-0.1, -0.05) is 6.92 Å². The number of halogens is 2. The molecule has 22 heavy (non-hydrogen) atoms. The zero-order valence-electron chi connectivity index (χ0n) is 11.6. The molecule has 3 rings (SSSR count). The van der Waals surface area contributed by atoms with E-state index in [-0.39, 0.29) is 16.1 Å². The molecule has 0 radical (unpaired) electrons. The highest BCUT2D eigenvalue weighted by Crippen LogP contribution is 2.31. The summed E-state index contributed by atoms with van der Waals surface area (Å²) in [6.07, 6.45) is 3.30. The van der Waals surface area contributed by atoms with Crippen LogP contribution in [0.25, 0.3) is 11.3 Å². The van der Waals surface area contributed by atoms with Crippen molar-refractivity contribution in [1.29, 1.82) is 0 Å². The van der Waals surface area contributed by atoms with Gasteiger partial charge in [-0.3, -0.25) is 0 Å². The summed E-state index contributed by atoms with van der Waals surface area (Å²) in [5.74, 6) is -0.308. The summed E-state index contributed by atoms with van der Waals surface area (Å²) >= 11 is 0.984. The van der Waals surface area contributed by atoms with Gasteiger partial charge in [0.25, 0.3) is 5.22 Å². The second kappa shape index (κ2) is 6.23. The maximum Gasteiger partial charge on any atom is 0.262 e. The summed E-state index contributed by atoms with van der Waals surface area (Å²) < 4.78 is 32.5. The minimum absolute atomic E-state index is 0.166. The molecule has 4 nitrogen and oxygen atoms in total. The SMILES string of the molecule is CCc1ncnc(Sc2ncc(-c3ccc(F)cc3)o2)c1F. The molecule has 0 aliphatic carbocycles. The van der Waals surface area contributed by atoms with Crippen LogP contribution < -0.4 is 0 Å². The molecule has 0 bridgehead atoms. The van der Waals surface area contributed by atoms with Crippen LogP contribution in [-0.4, -0.2) is 15.0 Å². The predicted molar refractivity (Wildman–Crippen MR) is 77.4 cm³/mol. The van der Waals surface area contributed by atoms with Gasteiger partial charge in [-0.2, -0.15) is 0 Å². The number of benzene rings is 1. The van der Waals surface area contributed by atoms with E-state index in [1.54, 1.807) is 12.1 Å². The molecular formula is C15H11F2N3OS. The van der Waals surface area contributed by atoms with E-state index in [1.165, 1.54) is 24.7 Å². The Bertz CT molecular complexity index is 790. The Kier molecular flexibility index (Phi) is 4.15. The van der Waals surface area contributed by atoms with E-state index < -0.39 is 5.82 Å². The molecule has 112 valence electrons. The second-order valence-corrected chi connectivity index (χ2v) is 5.33. The van der Waals surface area contributed by atoms with Crippen LogP contribution in [0.15, 0.2) is 51.5 Å². The van der Waals surface area contributed by atoms with Crippen LogP contribution in [0.2, 0.25) is 0 Å². The fourth-order valence-corrected chi connectivity index (χ4v) is 2.55. The zero-order chi connectivity index (χ0) is 15.5. The molecule has 2 heterocycles. The van der Waals surface area contributed by atoms with Gasteiger partial charge in [-0.25, -0.2) is 23.7 Å². The average Bonchev–Trinajstić information content (AvgIpc) is 2.99. The Morgan fingerprint density at radius 2 is 1.86 bits per heavy atom. The standard InChI is InChI=1S/C15H11F2N3OS/c1-2-11-13(17)14(20-8-19-11)22-15-18-7-12(21-15)9-3-5-10(16)6-4-9/h3-8H,2H2,1H3. The fraction of sp³-hybridized carbons (Fsp3) is 0.133. The van der Waals surface area contributed by atoms with Crippen LogP contribution in [-0.2, 0) is 6.42 Å². The van der Waals surface area contributed by atoms with Crippen molar-refractivity contribution in [3.8, 4) is 11.3 Å². The molecule has 3 aromatic rings. The highest BCUT2D eigenvalue weighted by molar-refractivity contribution is 7.99. The topological polar surface area (TPSA) is 51.8 Å². The van der Waals surface area contributed by atoms with Crippen LogP contribution in [0.5, 0.6) is 0 Å². The zero-order valence-corrected chi connectivity index (χ0v) is 12.4. The van der Waals surface area contributed by atoms with Gasteiger partial charge in [-0.05, 0) is 42.4 Å². The van der Waals surface area contributed by atoms with Gasteiger partial charge in [0.05, 0.1) is 11.9 Å². The first-order valence-corrected chi connectivity index (χ1v) is 7.38. The summed E-state index contributed by atoms with van der Waals surface area (Å²) in [5, 5.41) is 0.429. The third-order valence-corrected chi connectivity index (χ3v) is 3.80. The third-order valence-electron chi connectivity index (χ3n) is 2.96. The molecular weight excluding hydrogens is 308 g/mol. The van der Waals surface area contributed by atoms with Gasteiger partial charge in [0.2, 0.25) is 0 Å². The van der Waals surface area contributed by atoms with Crippen molar-refractivity contribution in [3.63, 3.8) is 0 Å². The Hall–Kier alpha value is -2.28. The first kappa shape index (κ1) is 14.6. The van der Waals surface area contributed by atoms with E-state index in [2.05, 4.69) is 15.0 Å². The first-order chi connectivity index (χ1) is 10.7. The summed E-state index contributed by atoms with van der Waals surface area (Å²) in [6, 6.07) is 5.85. The van der Waals surface area contributed by atoms with Crippen molar-refractivity contribution in [2.75, 3.05) is 0 Å². The highest BCUT2D eigenvalue weighted by Gasteiger charge is 2.15. The molecule has 0 aliphatic rings. The highest BCUT2D eigenvalue weighted by atomic mass is 32.2. The van der Waals surface area contributed by atoms with Crippen molar-refractivity contribution in [2.45, 2.75) is 23.6 Å². The van der Waals surface area contributed by atoms with E-state index in [0.29, 0.717) is 23.4 Å². The second-order valence-electron chi connectivity index (χ2n) is 4.39. The lowest BCUT2D eigenvalue weighted by Crippen LogP contribution is -1.97. The quantitative estimate of drug-likeness (QED) is 0.677. The fourth-order valence-electron chi connectivity index (χ4n) is 1.84.